The maximum absolute atomic E-state index is 13.7. The van der Waals surface area contributed by atoms with Crippen molar-refractivity contribution in [1.82, 2.24) is 24.5 Å². The van der Waals surface area contributed by atoms with E-state index in [1.54, 1.807) is 65.1 Å². The third kappa shape index (κ3) is 5.52. The zero-order valence-electron chi connectivity index (χ0n) is 23.4. The molecule has 216 valence electrons. The van der Waals surface area contributed by atoms with Crippen LogP contribution in [0.1, 0.15) is 36.8 Å². The highest BCUT2D eigenvalue weighted by atomic mass is 35.5. The van der Waals surface area contributed by atoms with Crippen molar-refractivity contribution in [1.29, 1.82) is 0 Å². The number of benzene rings is 2. The molecule has 1 aliphatic rings. The predicted octanol–water partition coefficient (Wildman–Crippen LogP) is 4.83. The van der Waals surface area contributed by atoms with E-state index in [2.05, 4.69) is 5.10 Å². The van der Waals surface area contributed by atoms with Crippen LogP contribution in [-0.4, -0.2) is 73.0 Å². The van der Waals surface area contributed by atoms with E-state index in [-0.39, 0.29) is 31.4 Å². The fourth-order valence-corrected chi connectivity index (χ4v) is 5.15. The van der Waals surface area contributed by atoms with E-state index in [1.807, 2.05) is 26.8 Å². The average Bonchev–Trinajstić information content (AvgIpc) is 3.55. The number of aliphatic hydroxyl groups is 2. The van der Waals surface area contributed by atoms with Crippen LogP contribution in [0.2, 0.25) is 10.0 Å². The Balaban J connectivity index is 1.72. The number of hydrogen-bond acceptors (Lipinski definition) is 7. The molecule has 2 aromatic carbocycles. The van der Waals surface area contributed by atoms with Crippen LogP contribution < -0.4 is 9.47 Å². The van der Waals surface area contributed by atoms with E-state index < -0.39 is 11.6 Å². The fraction of sp³-hybridized carbons (Fsp3) is 0.345. The molecular weight excluding hydrogens is 569 g/mol. The summed E-state index contributed by atoms with van der Waals surface area (Å²) in [5, 5.41) is 29.1. The highest BCUT2D eigenvalue weighted by Gasteiger charge is 2.35. The van der Waals surface area contributed by atoms with Crippen LogP contribution in [0.25, 0.3) is 28.1 Å². The molecule has 10 nitrogen and oxygen atoms in total. The quantitative estimate of drug-likeness (QED) is 0.312. The van der Waals surface area contributed by atoms with Gasteiger partial charge in [-0.25, -0.2) is 4.68 Å². The van der Waals surface area contributed by atoms with Crippen molar-refractivity contribution in [3.8, 4) is 39.6 Å². The van der Waals surface area contributed by atoms with Crippen molar-refractivity contribution < 1.29 is 24.5 Å². The van der Waals surface area contributed by atoms with Gasteiger partial charge in [-0.05, 0) is 45.0 Å². The van der Waals surface area contributed by atoms with E-state index in [0.717, 1.165) is 5.56 Å². The van der Waals surface area contributed by atoms with Crippen LogP contribution in [0.3, 0.4) is 0 Å². The minimum Gasteiger partial charge on any atom is -0.496 e. The van der Waals surface area contributed by atoms with Crippen molar-refractivity contribution in [2.45, 2.75) is 45.6 Å². The Labute approximate surface area is 247 Å². The van der Waals surface area contributed by atoms with Gasteiger partial charge >= 0.3 is 0 Å². The van der Waals surface area contributed by atoms with Crippen LogP contribution in [0, 0.1) is 0 Å². The molecule has 0 saturated heterocycles. The summed E-state index contributed by atoms with van der Waals surface area (Å²) >= 11 is 12.7. The molecule has 4 aromatic rings. The molecule has 1 amide bonds. The molecule has 0 saturated carbocycles. The molecule has 0 unspecified atom stereocenters. The summed E-state index contributed by atoms with van der Waals surface area (Å²) in [6.45, 7) is 5.74. The van der Waals surface area contributed by atoms with Gasteiger partial charge in [-0.2, -0.15) is 10.2 Å². The zero-order chi connectivity index (χ0) is 29.6. The number of carbonyl (C=O) groups is 1. The van der Waals surface area contributed by atoms with Crippen molar-refractivity contribution >= 4 is 29.1 Å². The second-order valence-electron chi connectivity index (χ2n) is 10.9. The smallest absolute Gasteiger partial charge is 0.274 e. The fourth-order valence-electron chi connectivity index (χ4n) is 4.63. The van der Waals surface area contributed by atoms with Gasteiger partial charge in [0.05, 0.1) is 43.9 Å². The van der Waals surface area contributed by atoms with Gasteiger partial charge in [0, 0.05) is 57.1 Å². The molecule has 1 atom stereocenters. The third-order valence-electron chi connectivity index (χ3n) is 7.07. The maximum Gasteiger partial charge on any atom is 0.274 e. The lowest BCUT2D eigenvalue weighted by molar-refractivity contribution is 0.0646. The summed E-state index contributed by atoms with van der Waals surface area (Å²) in [6, 6.07) is 8.80. The van der Waals surface area contributed by atoms with Crippen LogP contribution in [0.4, 0.5) is 0 Å². The first kappa shape index (κ1) is 28.9. The van der Waals surface area contributed by atoms with E-state index in [0.29, 0.717) is 49.6 Å². The number of fused-ring (bicyclic) bond motifs is 3. The number of halogens is 2. The Kier molecular flexibility index (Phi) is 7.78. The number of nitrogens with zero attached hydrogens (tertiary/aromatic N) is 5. The van der Waals surface area contributed by atoms with E-state index in [4.69, 9.17) is 37.8 Å². The number of aromatic nitrogens is 4. The molecule has 0 fully saturated rings. The number of amides is 1. The van der Waals surface area contributed by atoms with Crippen molar-refractivity contribution in [3.63, 3.8) is 0 Å². The molecule has 12 heteroatoms. The largest absolute Gasteiger partial charge is 0.496 e. The standard InChI is InChI=1S/C29H31Cl2N5O5/c1-29(2,3)34(4)28(39)26-23-15-41-25-10-24(40-5)21(16-11-32-35(12-16)13-20(38)14-37)9-22(25)27(23)36(33-26)19-7-17(30)6-18(31)8-19/h6-12,20,37-38H,13-15H2,1-5H3/t20-/m0/s1. The van der Waals surface area contributed by atoms with Gasteiger partial charge in [-0.1, -0.05) is 23.2 Å². The molecule has 2 N–H and O–H groups in total. The number of ether oxygens (including phenoxy) is 2. The lowest BCUT2D eigenvalue weighted by Crippen LogP contribution is -2.43. The molecule has 3 heterocycles. The molecule has 41 heavy (non-hydrogen) atoms. The number of methoxy groups -OCH3 is 1. The Morgan fingerprint density at radius 1 is 1.17 bits per heavy atom. The second kappa shape index (κ2) is 11.0. The van der Waals surface area contributed by atoms with E-state index in [1.165, 1.54) is 0 Å². The number of aliphatic hydroxyl groups excluding tert-OH is 2. The van der Waals surface area contributed by atoms with Crippen LogP contribution in [0.5, 0.6) is 11.5 Å². The van der Waals surface area contributed by atoms with E-state index >= 15 is 0 Å². The lowest BCUT2D eigenvalue weighted by atomic mass is 9.96. The molecule has 1 aliphatic heterocycles. The summed E-state index contributed by atoms with van der Waals surface area (Å²) < 4.78 is 15.1. The number of carbonyl (C=O) groups excluding carboxylic acids is 1. The van der Waals surface area contributed by atoms with Crippen molar-refractivity contribution in [3.05, 3.63) is 64.0 Å². The molecule has 5 rings (SSSR count). The van der Waals surface area contributed by atoms with E-state index in [9.17, 15) is 15.0 Å². The molecule has 0 radical (unpaired) electrons. The molecule has 2 aromatic heterocycles. The summed E-state index contributed by atoms with van der Waals surface area (Å²) in [6.07, 6.45) is 2.47. The molecule has 0 aliphatic carbocycles. The minimum atomic E-state index is -0.940. The maximum atomic E-state index is 13.7. The Morgan fingerprint density at radius 3 is 2.51 bits per heavy atom. The highest BCUT2D eigenvalue weighted by molar-refractivity contribution is 6.34. The SMILES string of the molecule is COc1cc2c(cc1-c1cnn(C[C@H](O)CO)c1)-c1c(c(C(=O)N(C)C(C)(C)C)nn1-c1cc(Cl)cc(Cl)c1)CO2. The van der Waals surface area contributed by atoms with Crippen molar-refractivity contribution in [2.75, 3.05) is 20.8 Å². The monoisotopic (exact) mass is 599 g/mol. The van der Waals surface area contributed by atoms with Crippen LogP contribution in [-0.2, 0) is 13.2 Å². The Morgan fingerprint density at radius 2 is 1.88 bits per heavy atom. The van der Waals surface area contributed by atoms with Crippen molar-refractivity contribution in [2.24, 2.45) is 0 Å². The van der Waals surface area contributed by atoms with Gasteiger partial charge in [0.1, 0.15) is 18.1 Å². The summed E-state index contributed by atoms with van der Waals surface area (Å²) in [5.41, 5.74) is 3.84. The van der Waals surface area contributed by atoms with Gasteiger partial charge < -0.3 is 24.6 Å². The number of rotatable bonds is 7. The second-order valence-corrected chi connectivity index (χ2v) is 11.7. The van der Waals surface area contributed by atoms with Crippen LogP contribution >= 0.6 is 23.2 Å². The first-order valence-electron chi connectivity index (χ1n) is 12.9. The zero-order valence-corrected chi connectivity index (χ0v) is 24.9. The Bertz CT molecular complexity index is 1600. The minimum absolute atomic E-state index is 0.120. The predicted molar refractivity (Wildman–Crippen MR) is 156 cm³/mol. The summed E-state index contributed by atoms with van der Waals surface area (Å²) in [4.78, 5) is 15.4. The third-order valence-corrected chi connectivity index (χ3v) is 7.51. The van der Waals surface area contributed by atoms with Gasteiger partial charge in [-0.15, -0.1) is 0 Å². The Hall–Kier alpha value is -3.57. The normalized spacial score (nSPS) is 13.3. The average molecular weight is 601 g/mol. The van der Waals surface area contributed by atoms with Gasteiger partial charge in [0.25, 0.3) is 5.91 Å². The van der Waals surface area contributed by atoms with Gasteiger partial charge in [0.15, 0.2) is 5.69 Å². The van der Waals surface area contributed by atoms with Crippen LogP contribution in [0.15, 0.2) is 42.7 Å². The molecule has 0 bridgehead atoms. The molecular formula is C29H31Cl2N5O5. The van der Waals surface area contributed by atoms with Gasteiger partial charge in [-0.3, -0.25) is 9.48 Å². The van der Waals surface area contributed by atoms with Gasteiger partial charge in [0.2, 0.25) is 0 Å². The topological polar surface area (TPSA) is 115 Å². The highest BCUT2D eigenvalue weighted by Crippen LogP contribution is 2.46. The molecule has 0 spiro atoms. The summed E-state index contributed by atoms with van der Waals surface area (Å²) in [7, 11) is 3.31. The number of hydrogen-bond donors (Lipinski definition) is 2. The first-order chi connectivity index (χ1) is 19.4. The lowest BCUT2D eigenvalue weighted by Gasteiger charge is -2.31. The first-order valence-corrected chi connectivity index (χ1v) is 13.7. The summed E-state index contributed by atoms with van der Waals surface area (Å²) in [5.74, 6) is 0.860.